The number of hydrogen-bond acceptors (Lipinski definition) is 5. The number of aliphatic hydroxyl groups is 1. The van der Waals surface area contributed by atoms with Gasteiger partial charge in [0.15, 0.2) is 0 Å². The molecule has 0 radical (unpaired) electrons. The summed E-state index contributed by atoms with van der Waals surface area (Å²) in [6, 6.07) is 0.102. The van der Waals surface area contributed by atoms with E-state index in [1.54, 1.807) is 11.7 Å². The predicted octanol–water partition coefficient (Wildman–Crippen LogP) is 1.88. The van der Waals surface area contributed by atoms with Crippen molar-refractivity contribution in [3.05, 3.63) is 15.8 Å². The molecular formula is C13H24N4O3. The second kappa shape index (κ2) is 7.23. The molecule has 0 aliphatic rings. The second-order valence-electron chi connectivity index (χ2n) is 5.11. The van der Waals surface area contributed by atoms with Crippen LogP contribution in [0, 0.1) is 10.1 Å². The molecule has 7 heteroatoms. The van der Waals surface area contributed by atoms with Crippen LogP contribution >= 0.6 is 0 Å². The molecule has 0 aromatic carbocycles. The first-order valence-corrected chi connectivity index (χ1v) is 7.01. The number of aliphatic hydroxyl groups excluding tert-OH is 1. The predicted molar refractivity (Wildman–Crippen MR) is 78.0 cm³/mol. The van der Waals surface area contributed by atoms with Crippen molar-refractivity contribution in [1.29, 1.82) is 0 Å². The van der Waals surface area contributed by atoms with Gasteiger partial charge in [-0.3, -0.25) is 10.1 Å². The smallest absolute Gasteiger partial charge is 0.334 e. The molecule has 0 aliphatic heterocycles. The van der Waals surface area contributed by atoms with Gasteiger partial charge in [0.25, 0.3) is 0 Å². The van der Waals surface area contributed by atoms with E-state index >= 15 is 0 Å². The lowest BCUT2D eigenvalue weighted by molar-refractivity contribution is -0.384. The fraction of sp³-hybridized carbons (Fsp3) is 0.769. The molecule has 0 spiro atoms. The summed E-state index contributed by atoms with van der Waals surface area (Å²) < 4.78 is 1.58. The van der Waals surface area contributed by atoms with Crippen molar-refractivity contribution in [2.45, 2.75) is 46.1 Å². The van der Waals surface area contributed by atoms with E-state index in [0.717, 1.165) is 6.42 Å². The number of nitro groups is 1. The molecule has 0 bridgehead atoms. The molecule has 0 amide bonds. The zero-order valence-electron chi connectivity index (χ0n) is 12.7. The summed E-state index contributed by atoms with van der Waals surface area (Å²) in [5.41, 5.74) is 0.630. The van der Waals surface area contributed by atoms with Crippen LogP contribution in [0.15, 0.2) is 0 Å². The van der Waals surface area contributed by atoms with Gasteiger partial charge in [-0.25, -0.2) is 4.68 Å². The molecule has 0 aliphatic carbocycles. The van der Waals surface area contributed by atoms with E-state index in [1.807, 2.05) is 25.7 Å². The highest BCUT2D eigenvalue weighted by molar-refractivity contribution is 5.62. The third-order valence-corrected chi connectivity index (χ3v) is 3.18. The minimum absolute atomic E-state index is 0.0662. The van der Waals surface area contributed by atoms with Crippen molar-refractivity contribution in [1.82, 2.24) is 9.78 Å². The summed E-state index contributed by atoms with van der Waals surface area (Å²) in [5.74, 6) is 0.530. The number of hydrogen-bond donors (Lipinski definition) is 1. The van der Waals surface area contributed by atoms with E-state index < -0.39 is 0 Å². The van der Waals surface area contributed by atoms with Crippen LogP contribution in [0.4, 0.5) is 11.5 Å². The van der Waals surface area contributed by atoms with Gasteiger partial charge in [0, 0.05) is 26.2 Å². The van der Waals surface area contributed by atoms with Crippen LogP contribution in [0.5, 0.6) is 0 Å². The highest BCUT2D eigenvalue weighted by atomic mass is 16.6. The molecule has 1 heterocycles. The largest absolute Gasteiger partial charge is 0.396 e. The van der Waals surface area contributed by atoms with E-state index in [-0.39, 0.29) is 23.3 Å². The number of aromatic nitrogens is 2. The maximum Gasteiger partial charge on any atom is 0.334 e. The topological polar surface area (TPSA) is 84.4 Å². The van der Waals surface area contributed by atoms with Gasteiger partial charge in [-0.1, -0.05) is 13.3 Å². The van der Waals surface area contributed by atoms with Gasteiger partial charge in [0.1, 0.15) is 5.69 Å². The van der Waals surface area contributed by atoms with Crippen LogP contribution in [0.3, 0.4) is 0 Å². The van der Waals surface area contributed by atoms with Crippen molar-refractivity contribution in [2.75, 3.05) is 18.1 Å². The Morgan fingerprint density at radius 3 is 2.60 bits per heavy atom. The molecule has 20 heavy (non-hydrogen) atoms. The first kappa shape index (κ1) is 16.4. The fourth-order valence-electron chi connectivity index (χ4n) is 2.32. The van der Waals surface area contributed by atoms with E-state index in [9.17, 15) is 10.1 Å². The average molecular weight is 284 g/mol. The summed E-state index contributed by atoms with van der Waals surface area (Å²) in [6.45, 7) is 6.57. The Bertz CT molecular complexity index is 457. The maximum atomic E-state index is 11.4. The van der Waals surface area contributed by atoms with E-state index in [4.69, 9.17) is 5.11 Å². The van der Waals surface area contributed by atoms with E-state index in [2.05, 4.69) is 5.10 Å². The van der Waals surface area contributed by atoms with Crippen LogP contribution in [-0.2, 0) is 13.5 Å². The molecular weight excluding hydrogens is 260 g/mol. The lowest BCUT2D eigenvalue weighted by Gasteiger charge is -2.27. The molecule has 7 nitrogen and oxygen atoms in total. The SMILES string of the molecule is CCCc1nn(C)c(N(CCCO)C(C)C)c1[N+](=O)[O-]. The molecule has 1 aromatic heterocycles. The molecule has 0 fully saturated rings. The zero-order valence-corrected chi connectivity index (χ0v) is 12.7. The normalized spacial score (nSPS) is 11.1. The number of anilines is 1. The van der Waals surface area contributed by atoms with Crippen LogP contribution in [-0.4, -0.2) is 39.0 Å². The zero-order chi connectivity index (χ0) is 15.3. The Morgan fingerprint density at radius 2 is 2.15 bits per heavy atom. The lowest BCUT2D eigenvalue weighted by atomic mass is 10.2. The summed E-state index contributed by atoms with van der Waals surface area (Å²) in [6.07, 6.45) is 1.98. The molecule has 0 saturated carbocycles. The van der Waals surface area contributed by atoms with Gasteiger partial charge in [0.05, 0.1) is 4.92 Å². The quantitative estimate of drug-likeness (QED) is 0.582. The summed E-state index contributed by atoms with van der Waals surface area (Å²) in [5, 5.41) is 24.7. The monoisotopic (exact) mass is 284 g/mol. The average Bonchev–Trinajstić information content (AvgIpc) is 2.67. The summed E-state index contributed by atoms with van der Waals surface area (Å²) in [4.78, 5) is 13.0. The van der Waals surface area contributed by atoms with E-state index in [1.165, 1.54) is 0 Å². The Labute approximate surface area is 119 Å². The van der Waals surface area contributed by atoms with Gasteiger partial charge in [-0.2, -0.15) is 5.10 Å². The molecule has 114 valence electrons. The Morgan fingerprint density at radius 1 is 1.50 bits per heavy atom. The van der Waals surface area contributed by atoms with Crippen molar-refractivity contribution in [3.8, 4) is 0 Å². The number of nitrogens with zero attached hydrogens (tertiary/aromatic N) is 4. The Balaban J connectivity index is 3.28. The molecule has 0 atom stereocenters. The van der Waals surface area contributed by atoms with Crippen LogP contribution < -0.4 is 4.90 Å². The minimum atomic E-state index is -0.346. The third kappa shape index (κ3) is 3.47. The second-order valence-corrected chi connectivity index (χ2v) is 5.11. The molecule has 0 unspecified atom stereocenters. The molecule has 1 aromatic rings. The van der Waals surface area contributed by atoms with Gasteiger partial charge < -0.3 is 10.0 Å². The number of rotatable bonds is 8. The van der Waals surface area contributed by atoms with Gasteiger partial charge in [-0.15, -0.1) is 0 Å². The maximum absolute atomic E-state index is 11.4. The van der Waals surface area contributed by atoms with Gasteiger partial charge >= 0.3 is 5.69 Å². The highest BCUT2D eigenvalue weighted by Gasteiger charge is 2.30. The van der Waals surface area contributed by atoms with Crippen molar-refractivity contribution in [2.24, 2.45) is 7.05 Å². The van der Waals surface area contributed by atoms with Gasteiger partial charge in [0.2, 0.25) is 5.82 Å². The van der Waals surface area contributed by atoms with Crippen molar-refractivity contribution >= 4 is 11.5 Å². The Kier molecular flexibility index (Phi) is 5.94. The lowest BCUT2D eigenvalue weighted by Crippen LogP contribution is -2.34. The van der Waals surface area contributed by atoms with Crippen LogP contribution in [0.2, 0.25) is 0 Å². The summed E-state index contributed by atoms with van der Waals surface area (Å²) in [7, 11) is 1.73. The molecule has 0 saturated heterocycles. The number of aryl methyl sites for hydroxylation is 2. The first-order valence-electron chi connectivity index (χ1n) is 7.01. The van der Waals surface area contributed by atoms with Crippen molar-refractivity contribution < 1.29 is 10.0 Å². The summed E-state index contributed by atoms with van der Waals surface area (Å²) >= 11 is 0. The minimum Gasteiger partial charge on any atom is -0.396 e. The van der Waals surface area contributed by atoms with Crippen LogP contribution in [0.25, 0.3) is 0 Å². The third-order valence-electron chi connectivity index (χ3n) is 3.18. The highest BCUT2D eigenvalue weighted by Crippen LogP contribution is 2.33. The van der Waals surface area contributed by atoms with E-state index in [0.29, 0.717) is 30.9 Å². The van der Waals surface area contributed by atoms with Crippen LogP contribution in [0.1, 0.15) is 39.3 Å². The Hall–Kier alpha value is -1.63. The fourth-order valence-corrected chi connectivity index (χ4v) is 2.32. The molecule has 1 rings (SSSR count). The molecule has 1 N–H and O–H groups in total. The first-order chi connectivity index (χ1) is 9.43. The standard InChI is InChI=1S/C13H24N4O3/c1-5-7-11-12(17(19)20)13(15(4)14-11)16(10(2)3)8-6-9-18/h10,18H,5-9H2,1-4H3. The van der Waals surface area contributed by atoms with Crippen molar-refractivity contribution in [3.63, 3.8) is 0 Å². The van der Waals surface area contributed by atoms with Gasteiger partial charge in [-0.05, 0) is 26.7 Å².